The lowest BCUT2D eigenvalue weighted by Gasteiger charge is -2.09. The minimum Gasteiger partial charge on any atom is -0.497 e. The Morgan fingerprint density at radius 3 is 2.09 bits per heavy atom. The number of pyridine rings is 1. The molecule has 0 spiro atoms. The summed E-state index contributed by atoms with van der Waals surface area (Å²) in [5.41, 5.74) is 1.83. The zero-order valence-corrected chi connectivity index (χ0v) is 19.4. The minimum atomic E-state index is 0.577. The molecule has 2 aromatic heterocycles. The predicted octanol–water partition coefficient (Wildman–Crippen LogP) is 6.84. The van der Waals surface area contributed by atoms with E-state index in [-0.39, 0.29) is 0 Å². The summed E-state index contributed by atoms with van der Waals surface area (Å²) < 4.78 is 19.8. The number of halogens is 1. The van der Waals surface area contributed by atoms with E-state index in [0.29, 0.717) is 22.6 Å². The second-order valence-corrected chi connectivity index (χ2v) is 8.04. The van der Waals surface area contributed by atoms with Crippen molar-refractivity contribution in [3.8, 4) is 28.7 Å². The van der Waals surface area contributed by atoms with Crippen molar-refractivity contribution < 1.29 is 14.2 Å². The van der Waals surface area contributed by atoms with Crippen molar-refractivity contribution >= 4 is 27.0 Å². The van der Waals surface area contributed by atoms with Gasteiger partial charge in [0.2, 0.25) is 0 Å². The fourth-order valence-corrected chi connectivity index (χ4v) is 4.02. The van der Waals surface area contributed by atoms with Gasteiger partial charge in [0.1, 0.15) is 33.4 Å². The Balaban J connectivity index is 1.37. The van der Waals surface area contributed by atoms with Crippen LogP contribution < -0.4 is 14.2 Å². The quantitative estimate of drug-likeness (QED) is 0.244. The first-order chi connectivity index (χ1) is 16.2. The second kappa shape index (κ2) is 9.34. The number of hydrogen-bond acceptors (Lipinski definition) is 5. The summed E-state index contributed by atoms with van der Waals surface area (Å²) in [4.78, 5) is 4.54. The van der Waals surface area contributed by atoms with Crippen molar-refractivity contribution in [2.45, 2.75) is 6.54 Å². The number of ether oxygens (including phenoxy) is 3. The van der Waals surface area contributed by atoms with Gasteiger partial charge in [-0.3, -0.25) is 0 Å². The molecule has 33 heavy (non-hydrogen) atoms. The second-order valence-electron chi connectivity index (χ2n) is 7.29. The van der Waals surface area contributed by atoms with Gasteiger partial charge in [-0.05, 0) is 70.0 Å². The van der Waals surface area contributed by atoms with Gasteiger partial charge in [0.15, 0.2) is 5.65 Å². The van der Waals surface area contributed by atoms with Crippen LogP contribution >= 0.6 is 15.9 Å². The molecule has 6 nitrogen and oxygen atoms in total. The van der Waals surface area contributed by atoms with Crippen molar-refractivity contribution in [3.63, 3.8) is 0 Å². The standard InChI is InChI=1S/C26H20BrN3O3/c1-31-19-9-7-18(8-10-19)17-30-26-24(25(27)29-30)23(15-16-28-26)33-22-13-11-21(12-14-22)32-20-5-3-2-4-6-20/h2-16H,17H2,1H3. The van der Waals surface area contributed by atoms with Gasteiger partial charge in [0.05, 0.1) is 19.0 Å². The maximum absolute atomic E-state index is 6.18. The zero-order chi connectivity index (χ0) is 22.6. The fourth-order valence-electron chi connectivity index (χ4n) is 3.45. The lowest BCUT2D eigenvalue weighted by Crippen LogP contribution is -2.02. The molecule has 3 aromatic carbocycles. The van der Waals surface area contributed by atoms with Crippen LogP contribution in [-0.4, -0.2) is 21.9 Å². The van der Waals surface area contributed by atoms with E-state index < -0.39 is 0 Å². The van der Waals surface area contributed by atoms with Gasteiger partial charge in [0.25, 0.3) is 0 Å². The molecule has 164 valence electrons. The monoisotopic (exact) mass is 501 g/mol. The van der Waals surface area contributed by atoms with Crippen LogP contribution in [-0.2, 0) is 6.54 Å². The van der Waals surface area contributed by atoms with Gasteiger partial charge < -0.3 is 14.2 Å². The Morgan fingerprint density at radius 2 is 1.39 bits per heavy atom. The van der Waals surface area contributed by atoms with E-state index in [2.05, 4.69) is 26.0 Å². The number of methoxy groups -OCH3 is 1. The summed E-state index contributed by atoms with van der Waals surface area (Å²) in [7, 11) is 1.66. The first-order valence-electron chi connectivity index (χ1n) is 10.3. The Hall–Kier alpha value is -3.84. The molecule has 0 aliphatic heterocycles. The number of rotatable bonds is 7. The molecule has 0 bridgehead atoms. The number of para-hydroxylation sites is 1. The molecular weight excluding hydrogens is 482 g/mol. The van der Waals surface area contributed by atoms with Crippen molar-refractivity contribution in [2.75, 3.05) is 7.11 Å². The van der Waals surface area contributed by atoms with Gasteiger partial charge in [0, 0.05) is 12.3 Å². The topological polar surface area (TPSA) is 58.4 Å². The van der Waals surface area contributed by atoms with E-state index in [0.717, 1.165) is 33.8 Å². The molecule has 0 radical (unpaired) electrons. The van der Waals surface area contributed by atoms with Crippen LogP contribution in [0.1, 0.15) is 5.56 Å². The Morgan fingerprint density at radius 1 is 0.758 bits per heavy atom. The predicted molar refractivity (Wildman–Crippen MR) is 130 cm³/mol. The molecule has 2 heterocycles. The van der Waals surface area contributed by atoms with Gasteiger partial charge in [-0.2, -0.15) is 5.10 Å². The molecular formula is C26H20BrN3O3. The van der Waals surface area contributed by atoms with Crippen LogP contribution in [0.5, 0.6) is 28.7 Å². The number of fused-ring (bicyclic) bond motifs is 1. The van der Waals surface area contributed by atoms with E-state index in [1.54, 1.807) is 13.3 Å². The van der Waals surface area contributed by atoms with Gasteiger partial charge in [-0.15, -0.1) is 0 Å². The number of nitrogens with zero attached hydrogens (tertiary/aromatic N) is 3. The minimum absolute atomic E-state index is 0.577. The lowest BCUT2D eigenvalue weighted by atomic mass is 10.2. The van der Waals surface area contributed by atoms with Crippen molar-refractivity contribution in [1.82, 2.24) is 14.8 Å². The average Bonchev–Trinajstić information content (AvgIpc) is 3.17. The first kappa shape index (κ1) is 21.0. The van der Waals surface area contributed by atoms with Crippen LogP contribution in [0.4, 0.5) is 0 Å². The maximum atomic E-state index is 6.18. The van der Waals surface area contributed by atoms with E-state index in [4.69, 9.17) is 14.2 Å². The SMILES string of the molecule is COc1ccc(Cn2nc(Br)c3c(Oc4ccc(Oc5ccccc5)cc4)ccnc32)cc1. The van der Waals surface area contributed by atoms with Gasteiger partial charge in [-0.25, -0.2) is 9.67 Å². The van der Waals surface area contributed by atoms with Gasteiger partial charge >= 0.3 is 0 Å². The highest BCUT2D eigenvalue weighted by atomic mass is 79.9. The molecule has 0 fully saturated rings. The summed E-state index contributed by atoms with van der Waals surface area (Å²) >= 11 is 3.57. The lowest BCUT2D eigenvalue weighted by molar-refractivity contribution is 0.414. The van der Waals surface area contributed by atoms with Gasteiger partial charge in [-0.1, -0.05) is 30.3 Å². The van der Waals surface area contributed by atoms with Crippen LogP contribution in [0.25, 0.3) is 11.0 Å². The van der Waals surface area contributed by atoms with Crippen molar-refractivity contribution in [3.05, 3.63) is 101 Å². The third-order valence-electron chi connectivity index (χ3n) is 5.07. The average molecular weight is 502 g/mol. The van der Waals surface area contributed by atoms with Crippen LogP contribution in [0.2, 0.25) is 0 Å². The molecule has 0 aliphatic rings. The number of aromatic nitrogens is 3. The van der Waals surface area contributed by atoms with E-state index >= 15 is 0 Å². The fraction of sp³-hybridized carbons (Fsp3) is 0.0769. The summed E-state index contributed by atoms with van der Waals surface area (Å²) in [6, 6.07) is 26.9. The highest BCUT2D eigenvalue weighted by Gasteiger charge is 2.16. The summed E-state index contributed by atoms with van der Waals surface area (Å²) in [5.74, 6) is 3.71. The third kappa shape index (κ3) is 4.68. The first-order valence-corrected chi connectivity index (χ1v) is 11.1. The van der Waals surface area contributed by atoms with Crippen LogP contribution in [0.15, 0.2) is 95.7 Å². The third-order valence-corrected chi connectivity index (χ3v) is 5.63. The maximum Gasteiger partial charge on any atom is 0.163 e. The summed E-state index contributed by atoms with van der Waals surface area (Å²) in [6.07, 6.45) is 1.73. The number of hydrogen-bond donors (Lipinski definition) is 0. The van der Waals surface area contributed by atoms with E-state index in [1.807, 2.05) is 89.6 Å². The largest absolute Gasteiger partial charge is 0.497 e. The molecule has 0 atom stereocenters. The normalized spacial score (nSPS) is 10.8. The van der Waals surface area contributed by atoms with Crippen molar-refractivity contribution in [1.29, 1.82) is 0 Å². The molecule has 0 aliphatic carbocycles. The Bertz CT molecular complexity index is 1370. The highest BCUT2D eigenvalue weighted by Crippen LogP contribution is 2.35. The Kier molecular flexibility index (Phi) is 5.95. The zero-order valence-electron chi connectivity index (χ0n) is 17.8. The molecule has 0 N–H and O–H groups in total. The van der Waals surface area contributed by atoms with E-state index in [9.17, 15) is 0 Å². The summed E-state index contributed by atoms with van der Waals surface area (Å²) in [6.45, 7) is 0.577. The smallest absolute Gasteiger partial charge is 0.163 e. The molecule has 7 heteroatoms. The molecule has 5 rings (SSSR count). The molecule has 5 aromatic rings. The molecule has 0 saturated carbocycles. The summed E-state index contributed by atoms with van der Waals surface area (Å²) in [5, 5.41) is 5.45. The van der Waals surface area contributed by atoms with Crippen LogP contribution in [0, 0.1) is 0 Å². The molecule has 0 amide bonds. The number of benzene rings is 3. The van der Waals surface area contributed by atoms with Crippen LogP contribution in [0.3, 0.4) is 0 Å². The Labute approximate surface area is 199 Å². The highest BCUT2D eigenvalue weighted by molar-refractivity contribution is 9.10. The molecule has 0 saturated heterocycles. The van der Waals surface area contributed by atoms with Crippen molar-refractivity contribution in [2.24, 2.45) is 0 Å². The van der Waals surface area contributed by atoms with E-state index in [1.165, 1.54) is 0 Å². The molecule has 0 unspecified atom stereocenters.